The van der Waals surface area contributed by atoms with Crippen LogP contribution in [0.2, 0.25) is 0 Å². The Morgan fingerprint density at radius 1 is 1.05 bits per heavy atom. The maximum Gasteiger partial charge on any atom is 0.457 e. The van der Waals surface area contributed by atoms with Crippen molar-refractivity contribution in [2.75, 3.05) is 31.2 Å². The number of hydrogen-bond donors (Lipinski definition) is 2. The zero-order chi connectivity index (χ0) is 16.4. The number of aliphatic hydroxyl groups excluding tert-OH is 1. The predicted molar refractivity (Wildman–Crippen MR) is 71.8 cm³/mol. The van der Waals surface area contributed by atoms with E-state index in [9.17, 15) is 26.2 Å². The second-order valence-corrected chi connectivity index (χ2v) is 5.99. The average Bonchev–Trinajstić information content (AvgIpc) is 2.36. The predicted octanol–water partition coefficient (Wildman–Crippen LogP) is 2.24. The number of unbranched alkanes of at least 4 members (excludes halogenated alkanes) is 1. The van der Waals surface area contributed by atoms with Crippen molar-refractivity contribution in [3.05, 3.63) is 12.2 Å². The SMILES string of the molecule is O=S(C/C=C/C(F)(F)C(F)(F)F)CCCCNCCCO. The van der Waals surface area contributed by atoms with Gasteiger partial charge in [0, 0.05) is 28.9 Å². The lowest BCUT2D eigenvalue weighted by Gasteiger charge is -2.15. The molecule has 0 rings (SSSR count). The van der Waals surface area contributed by atoms with Crippen LogP contribution in [-0.4, -0.2) is 52.6 Å². The fraction of sp³-hybridized carbons (Fsp3) is 0.833. The van der Waals surface area contributed by atoms with E-state index in [2.05, 4.69) is 5.32 Å². The Morgan fingerprint density at radius 2 is 1.67 bits per heavy atom. The minimum Gasteiger partial charge on any atom is -0.396 e. The second-order valence-electron chi connectivity index (χ2n) is 4.37. The van der Waals surface area contributed by atoms with Gasteiger partial charge in [-0.25, -0.2) is 0 Å². The molecule has 9 heteroatoms. The number of hydrogen-bond acceptors (Lipinski definition) is 3. The van der Waals surface area contributed by atoms with Crippen molar-refractivity contribution in [3.8, 4) is 0 Å². The lowest BCUT2D eigenvalue weighted by atomic mass is 10.3. The van der Waals surface area contributed by atoms with Crippen LogP contribution in [0.1, 0.15) is 19.3 Å². The van der Waals surface area contributed by atoms with Gasteiger partial charge in [0.2, 0.25) is 0 Å². The molecule has 0 spiro atoms. The first-order chi connectivity index (χ1) is 9.70. The second kappa shape index (κ2) is 10.2. The molecule has 0 saturated heterocycles. The molecule has 0 aliphatic carbocycles. The van der Waals surface area contributed by atoms with E-state index in [0.717, 1.165) is 6.42 Å². The van der Waals surface area contributed by atoms with Gasteiger partial charge in [0.05, 0.1) is 0 Å². The summed E-state index contributed by atoms with van der Waals surface area (Å²) >= 11 is 0. The summed E-state index contributed by atoms with van der Waals surface area (Å²) in [7, 11) is -1.45. The molecule has 0 aromatic rings. The van der Waals surface area contributed by atoms with Crippen molar-refractivity contribution in [1.29, 1.82) is 0 Å². The standard InChI is InChI=1S/C12H20F5NO2S/c13-11(14,12(15,16)17)5-3-10-21(20)9-2-1-6-18-7-4-8-19/h3,5,18-19H,1-2,4,6-10H2/b5-3+. The van der Waals surface area contributed by atoms with Gasteiger partial charge in [-0.1, -0.05) is 6.08 Å². The highest BCUT2D eigenvalue weighted by atomic mass is 32.2. The first-order valence-electron chi connectivity index (χ1n) is 6.49. The monoisotopic (exact) mass is 337 g/mol. The van der Waals surface area contributed by atoms with Gasteiger partial charge in [0.15, 0.2) is 0 Å². The van der Waals surface area contributed by atoms with Crippen LogP contribution in [0, 0.1) is 0 Å². The van der Waals surface area contributed by atoms with E-state index in [1.54, 1.807) is 0 Å². The van der Waals surface area contributed by atoms with Gasteiger partial charge in [-0.15, -0.1) is 0 Å². The Kier molecular flexibility index (Phi) is 9.97. The van der Waals surface area contributed by atoms with Crippen molar-refractivity contribution >= 4 is 10.8 Å². The number of allylic oxidation sites excluding steroid dienone is 1. The third-order valence-corrected chi connectivity index (χ3v) is 3.78. The van der Waals surface area contributed by atoms with Gasteiger partial charge in [0.1, 0.15) is 0 Å². The van der Waals surface area contributed by atoms with Gasteiger partial charge in [0.25, 0.3) is 0 Å². The molecule has 0 aromatic heterocycles. The molecule has 0 aliphatic rings. The molecule has 0 aromatic carbocycles. The normalized spacial score (nSPS) is 14.8. The maximum atomic E-state index is 12.5. The Hall–Kier alpha value is -0.540. The van der Waals surface area contributed by atoms with E-state index in [0.29, 0.717) is 32.0 Å². The topological polar surface area (TPSA) is 49.3 Å². The van der Waals surface area contributed by atoms with E-state index in [1.807, 2.05) is 0 Å². The summed E-state index contributed by atoms with van der Waals surface area (Å²) in [4.78, 5) is 0. The molecule has 0 amide bonds. The first kappa shape index (κ1) is 20.5. The molecule has 0 saturated carbocycles. The third kappa shape index (κ3) is 9.92. The molecule has 2 N–H and O–H groups in total. The average molecular weight is 337 g/mol. The molecule has 1 atom stereocenters. The van der Waals surface area contributed by atoms with Crippen LogP contribution < -0.4 is 5.32 Å². The van der Waals surface area contributed by atoms with Gasteiger partial charge in [-0.2, -0.15) is 22.0 Å². The number of aliphatic hydroxyl groups is 1. The van der Waals surface area contributed by atoms with E-state index >= 15 is 0 Å². The molecule has 21 heavy (non-hydrogen) atoms. The molecule has 126 valence electrons. The Bertz CT molecular complexity index is 334. The van der Waals surface area contributed by atoms with Crippen LogP contribution in [-0.2, 0) is 10.8 Å². The zero-order valence-electron chi connectivity index (χ0n) is 11.5. The lowest BCUT2D eigenvalue weighted by Crippen LogP contribution is -2.34. The minimum absolute atomic E-state index is 0.103. The minimum atomic E-state index is -5.62. The van der Waals surface area contributed by atoms with Gasteiger partial charge in [-0.05, 0) is 38.4 Å². The third-order valence-electron chi connectivity index (χ3n) is 2.47. The highest BCUT2D eigenvalue weighted by Gasteiger charge is 2.55. The van der Waals surface area contributed by atoms with Crippen LogP contribution in [0.5, 0.6) is 0 Å². The van der Waals surface area contributed by atoms with Crippen LogP contribution in [0.25, 0.3) is 0 Å². The van der Waals surface area contributed by atoms with Crippen molar-refractivity contribution in [2.24, 2.45) is 0 Å². The highest BCUT2D eigenvalue weighted by molar-refractivity contribution is 7.85. The number of nitrogens with one attached hydrogen (secondary N) is 1. The summed E-state index contributed by atoms with van der Waals surface area (Å²) in [6.07, 6.45) is -3.30. The van der Waals surface area contributed by atoms with Gasteiger partial charge >= 0.3 is 12.1 Å². The summed E-state index contributed by atoms with van der Waals surface area (Å²) < 4.78 is 71.9. The summed E-state index contributed by atoms with van der Waals surface area (Å²) in [6.45, 7) is 1.46. The molecule has 0 radical (unpaired) electrons. The number of rotatable bonds is 11. The van der Waals surface area contributed by atoms with E-state index in [1.165, 1.54) is 0 Å². The maximum absolute atomic E-state index is 12.5. The molecule has 3 nitrogen and oxygen atoms in total. The fourth-order valence-corrected chi connectivity index (χ4v) is 2.33. The van der Waals surface area contributed by atoms with Gasteiger partial charge in [-0.3, -0.25) is 4.21 Å². The molecular weight excluding hydrogens is 317 g/mol. The number of halogens is 5. The largest absolute Gasteiger partial charge is 0.457 e. The molecular formula is C12H20F5NO2S. The van der Waals surface area contributed by atoms with E-state index in [-0.39, 0.29) is 24.2 Å². The molecule has 0 bridgehead atoms. The molecule has 0 fully saturated rings. The quantitative estimate of drug-likeness (QED) is 0.345. The highest BCUT2D eigenvalue weighted by Crippen LogP contribution is 2.36. The fourth-order valence-electron chi connectivity index (χ4n) is 1.32. The van der Waals surface area contributed by atoms with Crippen molar-refractivity contribution in [2.45, 2.75) is 31.4 Å². The van der Waals surface area contributed by atoms with Crippen molar-refractivity contribution < 1.29 is 31.3 Å². The lowest BCUT2D eigenvalue weighted by molar-refractivity contribution is -0.259. The van der Waals surface area contributed by atoms with E-state index in [4.69, 9.17) is 5.11 Å². The molecule has 1 unspecified atom stereocenters. The van der Waals surface area contributed by atoms with E-state index < -0.39 is 22.9 Å². The number of alkyl halides is 5. The smallest absolute Gasteiger partial charge is 0.396 e. The zero-order valence-corrected chi connectivity index (χ0v) is 12.3. The summed E-state index contributed by atoms with van der Waals surface area (Å²) in [5.74, 6) is -4.94. The summed E-state index contributed by atoms with van der Waals surface area (Å²) in [5.41, 5.74) is 0. The van der Waals surface area contributed by atoms with Crippen LogP contribution in [0.15, 0.2) is 12.2 Å². The van der Waals surface area contributed by atoms with Crippen LogP contribution in [0.4, 0.5) is 22.0 Å². The molecule has 0 heterocycles. The molecule has 0 aliphatic heterocycles. The summed E-state index contributed by atoms with van der Waals surface area (Å²) in [6, 6.07) is 0. The Morgan fingerprint density at radius 3 is 2.24 bits per heavy atom. The Balaban J connectivity index is 3.77. The first-order valence-corrected chi connectivity index (χ1v) is 7.98. The summed E-state index contributed by atoms with van der Waals surface area (Å²) in [5, 5.41) is 11.6. The van der Waals surface area contributed by atoms with Crippen molar-refractivity contribution in [3.63, 3.8) is 0 Å². The van der Waals surface area contributed by atoms with Crippen molar-refractivity contribution in [1.82, 2.24) is 5.32 Å². The van der Waals surface area contributed by atoms with Gasteiger partial charge < -0.3 is 10.4 Å². The Labute approximate surface area is 123 Å². The van der Waals surface area contributed by atoms with Crippen LogP contribution >= 0.6 is 0 Å². The van der Waals surface area contributed by atoms with Crippen LogP contribution in [0.3, 0.4) is 0 Å².